The fraction of sp³-hybridized carbons (Fsp3) is 0.294. The van der Waals surface area contributed by atoms with Crippen LogP contribution in [0.25, 0.3) is 0 Å². The average Bonchev–Trinajstić information content (AvgIpc) is 2.61. The van der Waals surface area contributed by atoms with Crippen LogP contribution in [0.3, 0.4) is 0 Å². The number of aromatic nitrogens is 1. The molecule has 0 radical (unpaired) electrons. The predicted octanol–water partition coefficient (Wildman–Crippen LogP) is 4.18. The molecule has 2 aromatic rings. The van der Waals surface area contributed by atoms with Crippen molar-refractivity contribution in [1.82, 2.24) is 4.98 Å². The van der Waals surface area contributed by atoms with Crippen LogP contribution in [0.4, 0.5) is 23.2 Å². The third-order valence-corrected chi connectivity index (χ3v) is 3.50. The summed E-state index contributed by atoms with van der Waals surface area (Å²) >= 11 is 0. The van der Waals surface area contributed by atoms with Gasteiger partial charge in [-0.2, -0.15) is 13.2 Å². The zero-order chi connectivity index (χ0) is 20.0. The van der Waals surface area contributed by atoms with Crippen LogP contribution in [0.1, 0.15) is 12.0 Å². The molecule has 162 valence electrons. The first-order chi connectivity index (χ1) is 12.7. The van der Waals surface area contributed by atoms with Crippen molar-refractivity contribution in [3.63, 3.8) is 0 Å². The van der Waals surface area contributed by atoms with E-state index in [2.05, 4.69) is 10.3 Å². The normalized spacial score (nSPS) is 11.7. The topological polar surface area (TPSA) is 86.5 Å². The molecule has 1 heterocycles. The van der Waals surface area contributed by atoms with Crippen LogP contribution in [0, 0.1) is 5.82 Å². The van der Waals surface area contributed by atoms with Crippen molar-refractivity contribution in [3.05, 3.63) is 47.9 Å². The van der Waals surface area contributed by atoms with Gasteiger partial charge in [0.1, 0.15) is 0 Å². The molecular weight excluding hydrogens is 441 g/mol. The summed E-state index contributed by atoms with van der Waals surface area (Å²) < 4.78 is 61.7. The van der Waals surface area contributed by atoms with E-state index in [4.69, 9.17) is 15.2 Å². The minimum Gasteiger partial charge on any atom is -0.436 e. The predicted molar refractivity (Wildman–Crippen MR) is 103 cm³/mol. The fourth-order valence-electron chi connectivity index (χ4n) is 2.06. The number of carbonyl (C=O) groups excluding carboxylic acids is 1. The van der Waals surface area contributed by atoms with Gasteiger partial charge in [-0.25, -0.2) is 9.37 Å². The first kappa shape index (κ1) is 26.9. The summed E-state index contributed by atoms with van der Waals surface area (Å²) in [7, 11) is 1.42. The number of rotatable bonds is 7. The van der Waals surface area contributed by atoms with Gasteiger partial charge in [0.15, 0.2) is 11.6 Å². The number of anilines is 1. The molecule has 2 rings (SSSR count). The molecule has 0 saturated carbocycles. The quantitative estimate of drug-likeness (QED) is 0.606. The number of carbonyl (C=O) groups is 1. The van der Waals surface area contributed by atoms with Crippen LogP contribution >= 0.6 is 24.8 Å². The Kier molecular flexibility index (Phi) is 10.9. The number of halogens is 6. The van der Waals surface area contributed by atoms with Gasteiger partial charge in [-0.05, 0) is 18.2 Å². The summed E-state index contributed by atoms with van der Waals surface area (Å²) in [5, 5.41) is 2.49. The molecule has 12 heteroatoms. The lowest BCUT2D eigenvalue weighted by Crippen LogP contribution is -2.28. The van der Waals surface area contributed by atoms with Gasteiger partial charge in [0.2, 0.25) is 11.8 Å². The van der Waals surface area contributed by atoms with Gasteiger partial charge in [0.05, 0.1) is 18.1 Å². The second kappa shape index (κ2) is 11.8. The number of nitrogens with two attached hydrogens (primary N) is 1. The van der Waals surface area contributed by atoms with Crippen molar-refractivity contribution in [2.45, 2.75) is 18.7 Å². The van der Waals surface area contributed by atoms with E-state index < -0.39 is 29.6 Å². The summed E-state index contributed by atoms with van der Waals surface area (Å²) in [4.78, 5) is 15.3. The molecule has 0 aliphatic carbocycles. The maximum absolute atomic E-state index is 14.1. The molecule has 1 aromatic carbocycles. The lowest BCUT2D eigenvalue weighted by Gasteiger charge is -2.13. The number of amides is 1. The van der Waals surface area contributed by atoms with Gasteiger partial charge in [0.25, 0.3) is 0 Å². The van der Waals surface area contributed by atoms with E-state index in [0.717, 1.165) is 18.2 Å². The molecule has 0 saturated heterocycles. The molecule has 3 N–H and O–H groups in total. The summed E-state index contributed by atoms with van der Waals surface area (Å²) in [5.41, 5.74) is 4.66. The third kappa shape index (κ3) is 8.01. The number of methoxy groups -OCH3 is 1. The molecule has 0 bridgehead atoms. The Morgan fingerprint density at radius 2 is 1.93 bits per heavy atom. The molecule has 6 nitrogen and oxygen atoms in total. The number of pyridine rings is 1. The Bertz CT molecular complexity index is 788. The summed E-state index contributed by atoms with van der Waals surface area (Å²) in [6.07, 6.45) is -4.39. The Labute approximate surface area is 176 Å². The standard InChI is InChI=1S/C17H17F4N3O3.2ClH/c1-26-12(8-22)7-15(25)24-11-3-4-14(13(18)6-11)27-16-5-2-10(9-23-16)17(19,20)21;;/h2-6,9,12H,7-8,22H2,1H3,(H,24,25);2*1H. The Balaban J connectivity index is 0.00000392. The van der Waals surface area contributed by atoms with Crippen LogP contribution in [-0.2, 0) is 15.7 Å². The van der Waals surface area contributed by atoms with E-state index >= 15 is 0 Å². The fourth-order valence-corrected chi connectivity index (χ4v) is 2.06. The van der Waals surface area contributed by atoms with Crippen LogP contribution in [0.5, 0.6) is 11.6 Å². The zero-order valence-corrected chi connectivity index (χ0v) is 16.7. The first-order valence-corrected chi connectivity index (χ1v) is 7.76. The minimum atomic E-state index is -4.53. The Hall–Kier alpha value is -2.14. The van der Waals surface area contributed by atoms with Crippen molar-refractivity contribution in [2.24, 2.45) is 5.73 Å². The molecule has 1 atom stereocenters. The van der Waals surface area contributed by atoms with E-state index in [1.54, 1.807) is 0 Å². The van der Waals surface area contributed by atoms with Crippen molar-refractivity contribution >= 4 is 36.4 Å². The molecule has 1 aromatic heterocycles. The number of alkyl halides is 3. The van der Waals surface area contributed by atoms with Crippen LogP contribution in [0.2, 0.25) is 0 Å². The van der Waals surface area contributed by atoms with E-state index in [1.807, 2.05) is 0 Å². The zero-order valence-electron chi connectivity index (χ0n) is 15.0. The monoisotopic (exact) mass is 459 g/mol. The molecule has 0 spiro atoms. The smallest absolute Gasteiger partial charge is 0.417 e. The summed E-state index contributed by atoms with van der Waals surface area (Å²) in [6.45, 7) is 0.158. The Morgan fingerprint density at radius 3 is 2.41 bits per heavy atom. The Morgan fingerprint density at radius 1 is 1.24 bits per heavy atom. The maximum atomic E-state index is 14.1. The largest absolute Gasteiger partial charge is 0.436 e. The number of benzene rings is 1. The van der Waals surface area contributed by atoms with Crippen LogP contribution < -0.4 is 15.8 Å². The number of hydrogen-bond acceptors (Lipinski definition) is 5. The highest BCUT2D eigenvalue weighted by Crippen LogP contribution is 2.31. The van der Waals surface area contributed by atoms with Crippen LogP contribution in [-0.4, -0.2) is 30.6 Å². The van der Waals surface area contributed by atoms with Gasteiger partial charge in [-0.1, -0.05) is 0 Å². The summed E-state index contributed by atoms with van der Waals surface area (Å²) in [5.74, 6) is -1.69. The third-order valence-electron chi connectivity index (χ3n) is 3.50. The molecular formula is C17H19Cl2F4N3O3. The molecule has 1 amide bonds. The minimum absolute atomic E-state index is 0. The molecule has 0 fully saturated rings. The highest BCUT2D eigenvalue weighted by molar-refractivity contribution is 5.91. The lowest BCUT2D eigenvalue weighted by atomic mass is 10.2. The molecule has 0 aliphatic rings. The number of nitrogens with zero attached hydrogens (tertiary/aromatic N) is 1. The van der Waals surface area contributed by atoms with E-state index in [-0.39, 0.29) is 55.1 Å². The molecule has 0 aliphatic heterocycles. The van der Waals surface area contributed by atoms with Crippen molar-refractivity contribution in [3.8, 4) is 11.6 Å². The SMILES string of the molecule is COC(CN)CC(=O)Nc1ccc(Oc2ccc(C(F)(F)F)cn2)c(F)c1.Cl.Cl. The molecule has 29 heavy (non-hydrogen) atoms. The van der Waals surface area contributed by atoms with Crippen molar-refractivity contribution in [1.29, 1.82) is 0 Å². The van der Waals surface area contributed by atoms with Gasteiger partial charge in [-0.3, -0.25) is 4.79 Å². The first-order valence-electron chi connectivity index (χ1n) is 7.76. The van der Waals surface area contributed by atoms with Gasteiger partial charge in [-0.15, -0.1) is 24.8 Å². The summed E-state index contributed by atoms with van der Waals surface area (Å²) in [6, 6.07) is 5.38. The number of hydrogen-bond donors (Lipinski definition) is 2. The van der Waals surface area contributed by atoms with E-state index in [9.17, 15) is 22.4 Å². The molecule has 1 unspecified atom stereocenters. The number of ether oxygens (including phenoxy) is 2. The van der Waals surface area contributed by atoms with E-state index in [0.29, 0.717) is 6.20 Å². The van der Waals surface area contributed by atoms with E-state index in [1.165, 1.54) is 19.2 Å². The van der Waals surface area contributed by atoms with Crippen molar-refractivity contribution in [2.75, 3.05) is 19.0 Å². The average molecular weight is 460 g/mol. The van der Waals surface area contributed by atoms with Gasteiger partial charge in [0, 0.05) is 37.7 Å². The second-order valence-electron chi connectivity index (χ2n) is 5.48. The van der Waals surface area contributed by atoms with Gasteiger partial charge >= 0.3 is 6.18 Å². The number of nitrogens with one attached hydrogen (secondary N) is 1. The highest BCUT2D eigenvalue weighted by Gasteiger charge is 2.30. The van der Waals surface area contributed by atoms with Crippen molar-refractivity contribution < 1.29 is 31.8 Å². The maximum Gasteiger partial charge on any atom is 0.417 e. The van der Waals surface area contributed by atoms with Gasteiger partial charge < -0.3 is 20.5 Å². The lowest BCUT2D eigenvalue weighted by molar-refractivity contribution is -0.137. The highest BCUT2D eigenvalue weighted by atomic mass is 35.5. The second-order valence-corrected chi connectivity index (χ2v) is 5.48. The van der Waals surface area contributed by atoms with Crippen LogP contribution in [0.15, 0.2) is 36.5 Å².